The fourth-order valence-electron chi connectivity index (χ4n) is 2.00. The van der Waals surface area contributed by atoms with Crippen molar-refractivity contribution >= 4 is 29.5 Å². The van der Waals surface area contributed by atoms with Gasteiger partial charge in [0.15, 0.2) is 0 Å². The number of halogens is 2. The molecule has 1 aliphatic rings. The Morgan fingerprint density at radius 3 is 3.00 bits per heavy atom. The van der Waals surface area contributed by atoms with E-state index in [1.165, 1.54) is 29.2 Å². The molecule has 0 bridgehead atoms. The van der Waals surface area contributed by atoms with Crippen LogP contribution in [0.5, 0.6) is 0 Å². The number of amides is 2. The zero-order chi connectivity index (χ0) is 14.7. The lowest BCUT2D eigenvalue weighted by Crippen LogP contribution is -2.55. The van der Waals surface area contributed by atoms with Crippen molar-refractivity contribution in [2.24, 2.45) is 0 Å². The summed E-state index contributed by atoms with van der Waals surface area (Å²) in [5.74, 6) is -1.03. The molecule has 6 heteroatoms. The second kappa shape index (κ2) is 6.05. The van der Waals surface area contributed by atoms with Gasteiger partial charge in [-0.2, -0.15) is 0 Å². The first-order chi connectivity index (χ1) is 9.50. The van der Waals surface area contributed by atoms with Crippen LogP contribution in [-0.4, -0.2) is 35.8 Å². The molecule has 20 heavy (non-hydrogen) atoms. The van der Waals surface area contributed by atoms with Crippen LogP contribution in [0.2, 0.25) is 5.02 Å². The Morgan fingerprint density at radius 2 is 2.30 bits per heavy atom. The molecule has 106 valence electrons. The summed E-state index contributed by atoms with van der Waals surface area (Å²) in [6.07, 6.45) is 2.57. The molecule has 0 aromatic heterocycles. The Kier molecular flexibility index (Phi) is 4.39. The van der Waals surface area contributed by atoms with E-state index >= 15 is 0 Å². The van der Waals surface area contributed by atoms with E-state index in [1.54, 1.807) is 13.0 Å². The van der Waals surface area contributed by atoms with Crippen LogP contribution in [0.25, 0.3) is 6.08 Å². The van der Waals surface area contributed by atoms with Gasteiger partial charge in [0.2, 0.25) is 11.8 Å². The second-order valence-electron chi connectivity index (χ2n) is 4.47. The summed E-state index contributed by atoms with van der Waals surface area (Å²) in [4.78, 5) is 25.0. The van der Waals surface area contributed by atoms with Crippen LogP contribution < -0.4 is 5.32 Å². The molecule has 0 saturated carbocycles. The number of hydrogen-bond donors (Lipinski definition) is 1. The first-order valence-corrected chi connectivity index (χ1v) is 6.59. The van der Waals surface area contributed by atoms with Crippen LogP contribution in [0, 0.1) is 5.82 Å². The largest absolute Gasteiger partial charge is 0.353 e. The molecular formula is C14H14ClFN2O2. The van der Waals surface area contributed by atoms with Crippen LogP contribution in [0.1, 0.15) is 12.5 Å². The van der Waals surface area contributed by atoms with E-state index in [9.17, 15) is 14.0 Å². The first-order valence-electron chi connectivity index (χ1n) is 6.21. The van der Waals surface area contributed by atoms with E-state index in [-0.39, 0.29) is 22.4 Å². The van der Waals surface area contributed by atoms with Gasteiger partial charge in [0.1, 0.15) is 11.9 Å². The van der Waals surface area contributed by atoms with Crippen molar-refractivity contribution in [3.8, 4) is 0 Å². The molecule has 1 aromatic rings. The molecule has 0 radical (unpaired) electrons. The predicted octanol–water partition coefficient (Wildman–Crippen LogP) is 1.84. The monoisotopic (exact) mass is 296 g/mol. The van der Waals surface area contributed by atoms with Crippen molar-refractivity contribution in [1.29, 1.82) is 0 Å². The molecule has 1 fully saturated rings. The van der Waals surface area contributed by atoms with Gasteiger partial charge in [-0.1, -0.05) is 17.7 Å². The quantitative estimate of drug-likeness (QED) is 0.847. The molecule has 1 aromatic carbocycles. The number of nitrogens with one attached hydrogen (secondary N) is 1. The van der Waals surface area contributed by atoms with Gasteiger partial charge < -0.3 is 10.2 Å². The smallest absolute Gasteiger partial charge is 0.247 e. The van der Waals surface area contributed by atoms with Crippen molar-refractivity contribution in [2.75, 3.05) is 13.1 Å². The first kappa shape index (κ1) is 14.5. The number of carbonyl (C=O) groups is 2. The molecule has 1 atom stereocenters. The third-order valence-electron chi connectivity index (χ3n) is 3.17. The predicted molar refractivity (Wildman–Crippen MR) is 74.6 cm³/mol. The van der Waals surface area contributed by atoms with Crippen molar-refractivity contribution in [2.45, 2.75) is 13.0 Å². The summed E-state index contributed by atoms with van der Waals surface area (Å²) in [6, 6.07) is 3.78. The Labute approximate surface area is 121 Å². The zero-order valence-corrected chi connectivity index (χ0v) is 11.7. The highest BCUT2D eigenvalue weighted by Crippen LogP contribution is 2.20. The SMILES string of the molecule is CC1C(=O)NCCN1C(=O)C=Cc1c(F)cccc1Cl. The molecule has 0 spiro atoms. The van der Waals surface area contributed by atoms with Crippen LogP contribution >= 0.6 is 11.6 Å². The zero-order valence-electron chi connectivity index (χ0n) is 10.9. The fourth-order valence-corrected chi connectivity index (χ4v) is 2.23. The lowest BCUT2D eigenvalue weighted by molar-refractivity contribution is -0.139. The molecule has 1 heterocycles. The molecule has 2 rings (SSSR count). The Morgan fingerprint density at radius 1 is 1.55 bits per heavy atom. The lowest BCUT2D eigenvalue weighted by atomic mass is 10.1. The van der Waals surface area contributed by atoms with Gasteiger partial charge in [-0.25, -0.2) is 4.39 Å². The van der Waals surface area contributed by atoms with Gasteiger partial charge >= 0.3 is 0 Å². The van der Waals surface area contributed by atoms with Gasteiger partial charge in [0, 0.05) is 24.7 Å². The van der Waals surface area contributed by atoms with Crippen LogP contribution in [0.4, 0.5) is 4.39 Å². The van der Waals surface area contributed by atoms with Crippen molar-refractivity contribution in [1.82, 2.24) is 10.2 Å². The second-order valence-corrected chi connectivity index (χ2v) is 4.87. The molecule has 1 saturated heterocycles. The number of nitrogens with zero attached hydrogens (tertiary/aromatic N) is 1. The van der Waals surface area contributed by atoms with Gasteiger partial charge in [-0.15, -0.1) is 0 Å². The summed E-state index contributed by atoms with van der Waals surface area (Å²) in [6.45, 7) is 2.50. The number of rotatable bonds is 2. The molecule has 1 unspecified atom stereocenters. The number of piperazine rings is 1. The summed E-state index contributed by atoms with van der Waals surface area (Å²) in [5, 5.41) is 2.91. The minimum absolute atomic E-state index is 0.164. The van der Waals surface area contributed by atoms with E-state index < -0.39 is 11.9 Å². The highest BCUT2D eigenvalue weighted by molar-refractivity contribution is 6.32. The minimum Gasteiger partial charge on any atom is -0.353 e. The molecule has 0 aliphatic carbocycles. The molecule has 4 nitrogen and oxygen atoms in total. The summed E-state index contributed by atoms with van der Waals surface area (Å²) < 4.78 is 13.6. The summed E-state index contributed by atoms with van der Waals surface area (Å²) >= 11 is 5.87. The number of benzene rings is 1. The van der Waals surface area contributed by atoms with Crippen LogP contribution in [0.15, 0.2) is 24.3 Å². The van der Waals surface area contributed by atoms with E-state index in [2.05, 4.69) is 5.32 Å². The van der Waals surface area contributed by atoms with Gasteiger partial charge in [-0.05, 0) is 25.1 Å². The lowest BCUT2D eigenvalue weighted by Gasteiger charge is -2.31. The maximum Gasteiger partial charge on any atom is 0.247 e. The van der Waals surface area contributed by atoms with E-state index in [1.807, 2.05) is 0 Å². The normalized spacial score (nSPS) is 19.2. The third kappa shape index (κ3) is 2.99. The Balaban J connectivity index is 2.15. The number of hydrogen-bond acceptors (Lipinski definition) is 2. The number of carbonyl (C=O) groups excluding carboxylic acids is 2. The van der Waals surface area contributed by atoms with Gasteiger partial charge in [0.05, 0.1) is 5.02 Å². The Bertz CT molecular complexity index is 554. The molecule has 1 aliphatic heterocycles. The van der Waals surface area contributed by atoms with E-state index in [0.717, 1.165) is 0 Å². The maximum atomic E-state index is 13.6. The molecular weight excluding hydrogens is 283 g/mol. The summed E-state index contributed by atoms with van der Waals surface area (Å²) in [5.41, 5.74) is 0.164. The van der Waals surface area contributed by atoms with Crippen molar-refractivity contribution in [3.63, 3.8) is 0 Å². The highest BCUT2D eigenvalue weighted by atomic mass is 35.5. The van der Waals surface area contributed by atoms with E-state index in [4.69, 9.17) is 11.6 Å². The molecule has 2 amide bonds. The maximum absolute atomic E-state index is 13.6. The Hall–Kier alpha value is -1.88. The van der Waals surface area contributed by atoms with Gasteiger partial charge in [-0.3, -0.25) is 9.59 Å². The van der Waals surface area contributed by atoms with E-state index in [0.29, 0.717) is 13.1 Å². The average molecular weight is 297 g/mol. The molecule has 1 N–H and O–H groups in total. The topological polar surface area (TPSA) is 49.4 Å². The highest BCUT2D eigenvalue weighted by Gasteiger charge is 2.27. The van der Waals surface area contributed by atoms with Gasteiger partial charge in [0.25, 0.3) is 0 Å². The minimum atomic E-state index is -0.531. The van der Waals surface area contributed by atoms with Crippen LogP contribution in [0.3, 0.4) is 0 Å². The summed E-state index contributed by atoms with van der Waals surface area (Å²) in [7, 11) is 0. The fraction of sp³-hybridized carbons (Fsp3) is 0.286. The standard InChI is InChI=1S/C14H14ClFN2O2/c1-9-14(20)17-7-8-18(9)13(19)6-5-10-11(15)3-2-4-12(10)16/h2-6,9H,7-8H2,1H3,(H,17,20). The van der Waals surface area contributed by atoms with Crippen LogP contribution in [-0.2, 0) is 9.59 Å². The third-order valence-corrected chi connectivity index (χ3v) is 3.50. The van der Waals surface area contributed by atoms with Crippen molar-refractivity contribution in [3.05, 3.63) is 40.7 Å². The van der Waals surface area contributed by atoms with Crippen molar-refractivity contribution < 1.29 is 14.0 Å². The average Bonchev–Trinajstić information content (AvgIpc) is 2.41.